The molecule has 0 aliphatic rings. The van der Waals surface area contributed by atoms with Crippen LogP contribution in [0.5, 0.6) is 0 Å². The lowest BCUT2D eigenvalue weighted by atomic mass is 10.3. The molecule has 7 atom stereocenters. The van der Waals surface area contributed by atoms with E-state index < -0.39 is 0 Å². The van der Waals surface area contributed by atoms with Crippen molar-refractivity contribution in [2.45, 2.75) is 187 Å². The Balaban J connectivity index is -0.0000000655. The van der Waals surface area contributed by atoms with E-state index >= 15 is 0 Å². The molecule has 0 aromatic rings. The lowest BCUT2D eigenvalue weighted by Crippen LogP contribution is -2.32. The van der Waals surface area contributed by atoms with Crippen molar-refractivity contribution in [3.05, 3.63) is 0 Å². The molecule has 0 bridgehead atoms. The highest BCUT2D eigenvalue weighted by atomic mass is 16.6. The van der Waals surface area contributed by atoms with E-state index in [1.54, 1.807) is 0 Å². The van der Waals surface area contributed by atoms with Gasteiger partial charge in [0.15, 0.2) is 0 Å². The summed E-state index contributed by atoms with van der Waals surface area (Å²) >= 11 is 0. The number of hydrogen-bond donors (Lipinski definition) is 11. The molecular weight excluding hydrogens is 967 g/mol. The zero-order valence-corrected chi connectivity index (χ0v) is 44.4. The molecule has 0 saturated carbocycles. The molecule has 0 aliphatic carbocycles. The molecule has 22 N–H and O–H groups in total. The summed E-state index contributed by atoms with van der Waals surface area (Å²) in [5, 5.41) is 0. The second kappa shape index (κ2) is 89.7. The normalized spacial score (nSPS) is 13.2. The van der Waals surface area contributed by atoms with Crippen molar-refractivity contribution in [2.75, 3.05) is 165 Å². The van der Waals surface area contributed by atoms with Gasteiger partial charge < -0.3 is 115 Å². The molecule has 0 fully saturated rings. The molecule has 0 rings (SSSR count). The third-order valence-corrected chi connectivity index (χ3v) is 7.52. The van der Waals surface area contributed by atoms with Gasteiger partial charge in [-0.1, -0.05) is 52.0 Å². The van der Waals surface area contributed by atoms with Crippen molar-refractivity contribution < 1.29 is 52.1 Å². The second-order valence-electron chi connectivity index (χ2n) is 16.8. The van der Waals surface area contributed by atoms with E-state index in [4.69, 9.17) is 115 Å². The molecule has 0 heterocycles. The largest absolute Gasteiger partial charge is 0.381 e. The second-order valence-corrected chi connectivity index (χ2v) is 16.8. The van der Waals surface area contributed by atoms with Gasteiger partial charge in [0, 0.05) is 82.4 Å². The van der Waals surface area contributed by atoms with Crippen molar-refractivity contribution in [3.63, 3.8) is 0 Å². The summed E-state index contributed by atoms with van der Waals surface area (Å²) in [5.41, 5.74) is 59.7. The lowest BCUT2D eigenvalue weighted by molar-refractivity contribution is -0.0600. The summed E-state index contributed by atoms with van der Waals surface area (Å²) in [6, 6.07) is 0.419. The predicted molar refractivity (Wildman–Crippen MR) is 325 cm³/mol. The number of rotatable bonds is 45. The Morgan fingerprint density at radius 3 is 0.787 bits per heavy atom. The zero-order valence-electron chi connectivity index (χ0n) is 44.4. The van der Waals surface area contributed by atoms with E-state index in [1.807, 2.05) is 48.5 Å². The summed E-state index contributed by atoms with van der Waals surface area (Å²) in [7, 11) is 0. The third-order valence-electron chi connectivity index (χ3n) is 7.52. The van der Waals surface area contributed by atoms with Crippen LogP contribution in [-0.2, 0) is 52.1 Å². The van der Waals surface area contributed by atoms with Crippen LogP contribution in [-0.4, -0.2) is 213 Å². The molecule has 0 aromatic heterocycles. The van der Waals surface area contributed by atoms with Gasteiger partial charge >= 0.3 is 0 Å². The minimum Gasteiger partial charge on any atom is -0.381 e. The SMILES string of the molecule is C.C.C.C.C.C.C.CC(N)COCC(C)N.CC(N)COCC(COCC(C)N)OCCN.CC(N)COCCOCC(C)OCC(C)N.NCCCOCCCCOCCCN.NCCCOCCOCCCN. The maximum Gasteiger partial charge on any atom is 0.104 e. The van der Waals surface area contributed by atoms with Crippen LogP contribution in [0.3, 0.4) is 0 Å². The highest BCUT2D eigenvalue weighted by Gasteiger charge is 2.11. The lowest BCUT2D eigenvalue weighted by Gasteiger charge is -2.19. The Hall–Kier alpha value is -0.880. The first-order valence-corrected chi connectivity index (χ1v) is 25.0. The van der Waals surface area contributed by atoms with Crippen LogP contribution in [0.1, 0.15) is 139 Å². The molecule has 7 unspecified atom stereocenters. The molecule has 0 aromatic carbocycles. The van der Waals surface area contributed by atoms with E-state index in [9.17, 15) is 0 Å². The van der Waals surface area contributed by atoms with Crippen molar-refractivity contribution in [1.82, 2.24) is 0 Å². The van der Waals surface area contributed by atoms with Gasteiger partial charge in [0.1, 0.15) is 6.10 Å². The molecule has 22 heteroatoms. The summed E-state index contributed by atoms with van der Waals surface area (Å²) in [4.78, 5) is 0. The van der Waals surface area contributed by atoms with Crippen molar-refractivity contribution >= 4 is 0 Å². The fourth-order valence-electron chi connectivity index (χ4n) is 4.27. The van der Waals surface area contributed by atoms with E-state index in [-0.39, 0.29) is 100 Å². The standard InChI is InChI=1S/C11H27N3O3.C11H26N2O3.C10H24N2O2.C8H20N2O2.C6H16N2O.7CH4/c1-9(13)5-15-7-11(17-4-3-12)8-16-6-10(2)14;1-9(12)6-14-4-5-15-8-11(3)16-7-10(2)13;11-5-3-9-13-7-1-2-8-14-10-4-6-12;9-3-1-5-11-7-8-12-6-2-4-10;1-5(7)3-9-4-6(2)8;;;;;;;/h9-11H,3-8,12-14H2,1-2H3;9-11H,4-8,12-13H2,1-3H3;1-12H2;1-10H2;5-6H,3-4,7-8H2,1-2H3;7*1H4. The van der Waals surface area contributed by atoms with Crippen molar-refractivity contribution in [1.29, 1.82) is 0 Å². The molecular formula is C53H141N11O11. The highest BCUT2D eigenvalue weighted by Crippen LogP contribution is 1.98. The molecule has 22 nitrogen and oxygen atoms in total. The van der Waals surface area contributed by atoms with Gasteiger partial charge in [-0.2, -0.15) is 0 Å². The molecule has 0 radical (unpaired) electrons. The monoisotopic (exact) mass is 1110 g/mol. The maximum atomic E-state index is 5.59. The summed E-state index contributed by atoms with van der Waals surface area (Å²) < 4.78 is 58.6. The predicted octanol–water partition coefficient (Wildman–Crippen LogP) is 3.54. The smallest absolute Gasteiger partial charge is 0.104 e. The first-order valence-electron chi connectivity index (χ1n) is 25.0. The van der Waals surface area contributed by atoms with Gasteiger partial charge in [-0.05, 0) is 113 Å². The minimum atomic E-state index is -0.115. The zero-order chi connectivity index (χ0) is 52.3. The first kappa shape index (κ1) is 103. The van der Waals surface area contributed by atoms with Gasteiger partial charge in [0.2, 0.25) is 0 Å². The van der Waals surface area contributed by atoms with Crippen LogP contribution in [0.15, 0.2) is 0 Å². The number of ether oxygens (including phenoxy) is 11. The first-order chi connectivity index (χ1) is 32.5. The average molecular weight is 1110 g/mol. The Labute approximate surface area is 466 Å². The fraction of sp³-hybridized carbons (Fsp3) is 1.00. The highest BCUT2D eigenvalue weighted by molar-refractivity contribution is 4.60. The van der Waals surface area contributed by atoms with E-state index in [0.717, 1.165) is 78.2 Å². The van der Waals surface area contributed by atoms with Crippen LogP contribution >= 0.6 is 0 Å². The maximum absolute atomic E-state index is 5.59. The molecule has 0 spiro atoms. The van der Waals surface area contributed by atoms with E-state index in [1.165, 1.54) is 0 Å². The van der Waals surface area contributed by atoms with Crippen molar-refractivity contribution in [3.8, 4) is 0 Å². The number of unbranched alkanes of at least 4 members (excludes halogenated alkanes) is 1. The number of hydrogen-bond acceptors (Lipinski definition) is 22. The van der Waals surface area contributed by atoms with E-state index in [0.29, 0.717) is 125 Å². The van der Waals surface area contributed by atoms with Crippen LogP contribution in [0.2, 0.25) is 0 Å². The summed E-state index contributed by atoms with van der Waals surface area (Å²) in [5.74, 6) is 0. The quantitative estimate of drug-likeness (QED) is 0.0388. The summed E-state index contributed by atoms with van der Waals surface area (Å²) in [6.07, 6.45) is 5.82. The minimum absolute atomic E-state index is 0. The third kappa shape index (κ3) is 122. The molecule has 0 saturated heterocycles. The van der Waals surface area contributed by atoms with Crippen LogP contribution in [0.25, 0.3) is 0 Å². The number of nitrogens with two attached hydrogens (primary N) is 11. The Morgan fingerprint density at radius 2 is 0.493 bits per heavy atom. The van der Waals surface area contributed by atoms with Gasteiger partial charge in [-0.3, -0.25) is 0 Å². The van der Waals surface area contributed by atoms with Crippen molar-refractivity contribution in [2.24, 2.45) is 63.1 Å². The Morgan fingerprint density at radius 1 is 0.240 bits per heavy atom. The average Bonchev–Trinajstić information content (AvgIpc) is 3.27. The van der Waals surface area contributed by atoms with Crippen LogP contribution < -0.4 is 63.1 Å². The van der Waals surface area contributed by atoms with Gasteiger partial charge in [0.25, 0.3) is 0 Å². The fourth-order valence-corrected chi connectivity index (χ4v) is 4.27. The van der Waals surface area contributed by atoms with Gasteiger partial charge in [0.05, 0.1) is 98.6 Å². The molecule has 0 aliphatic heterocycles. The topological polar surface area (TPSA) is 388 Å². The molecule has 474 valence electrons. The van der Waals surface area contributed by atoms with Crippen LogP contribution in [0.4, 0.5) is 0 Å². The molecule has 0 amide bonds. The Kier molecular flexibility index (Phi) is 123. The summed E-state index contributed by atoms with van der Waals surface area (Å²) in [6.45, 7) is 29.1. The Bertz CT molecular complexity index is 829. The van der Waals surface area contributed by atoms with E-state index in [2.05, 4.69) is 0 Å². The van der Waals surface area contributed by atoms with Crippen LogP contribution in [0, 0.1) is 0 Å². The van der Waals surface area contributed by atoms with Gasteiger partial charge in [-0.15, -0.1) is 0 Å². The van der Waals surface area contributed by atoms with Gasteiger partial charge in [-0.25, -0.2) is 0 Å². The molecule has 75 heavy (non-hydrogen) atoms.